The molecule has 186 valence electrons. The number of aromatic nitrogens is 1. The van der Waals surface area contributed by atoms with Gasteiger partial charge in [-0.2, -0.15) is 4.99 Å². The minimum absolute atomic E-state index is 0.152. The van der Waals surface area contributed by atoms with Crippen LogP contribution < -0.4 is 9.54 Å². The van der Waals surface area contributed by atoms with Crippen molar-refractivity contribution in [3.05, 3.63) is 23.0 Å². The normalized spacial score (nSPS) is 19.3. The summed E-state index contributed by atoms with van der Waals surface area (Å²) in [5.74, 6) is -2.42. The molecule has 1 aromatic heterocycles. The summed E-state index contributed by atoms with van der Waals surface area (Å²) in [6.07, 6.45) is 0.987. The van der Waals surface area contributed by atoms with Gasteiger partial charge in [-0.15, -0.1) is 0 Å². The molecule has 2 atom stereocenters. The molecular formula is C22H29N3O7S2. The molecule has 3 rings (SSSR count). The number of rotatable bonds is 7. The largest absolute Gasteiger partial charge is 0.497 e. The SMILES string of the molecule is COC(=O)Cn1c(=NC(=O)CS(=O)(=O)CC(=O)N2CC(C)CC(C)C2)sc2cc(OC)ccc21. The number of amides is 2. The van der Waals surface area contributed by atoms with Crippen molar-refractivity contribution in [2.24, 2.45) is 16.8 Å². The number of nitrogens with zero attached hydrogens (tertiary/aromatic N) is 3. The van der Waals surface area contributed by atoms with Crippen LogP contribution in [0.25, 0.3) is 10.2 Å². The van der Waals surface area contributed by atoms with E-state index >= 15 is 0 Å². The number of likely N-dealkylation sites (tertiary alicyclic amines) is 1. The molecule has 0 N–H and O–H groups in total. The van der Waals surface area contributed by atoms with Gasteiger partial charge in [0.1, 0.15) is 23.8 Å². The van der Waals surface area contributed by atoms with Gasteiger partial charge in [0.05, 0.1) is 24.4 Å². The van der Waals surface area contributed by atoms with Gasteiger partial charge in [-0.25, -0.2) is 8.42 Å². The number of hydrogen-bond donors (Lipinski definition) is 0. The van der Waals surface area contributed by atoms with Crippen LogP contribution in [0.1, 0.15) is 20.3 Å². The molecule has 12 heteroatoms. The lowest BCUT2D eigenvalue weighted by Gasteiger charge is -2.34. The van der Waals surface area contributed by atoms with Crippen LogP contribution in [0.3, 0.4) is 0 Å². The molecule has 1 saturated heterocycles. The van der Waals surface area contributed by atoms with Crippen molar-refractivity contribution in [3.63, 3.8) is 0 Å². The summed E-state index contributed by atoms with van der Waals surface area (Å²) in [5, 5.41) is 0. The summed E-state index contributed by atoms with van der Waals surface area (Å²) in [7, 11) is -1.25. The van der Waals surface area contributed by atoms with E-state index in [0.29, 0.717) is 40.9 Å². The average Bonchev–Trinajstić information content (AvgIpc) is 3.07. The Kier molecular flexibility index (Phi) is 8.13. The van der Waals surface area contributed by atoms with Gasteiger partial charge in [0.2, 0.25) is 5.91 Å². The lowest BCUT2D eigenvalue weighted by Crippen LogP contribution is -2.45. The van der Waals surface area contributed by atoms with Crippen LogP contribution in [-0.4, -0.2) is 74.5 Å². The highest BCUT2D eigenvalue weighted by Crippen LogP contribution is 2.23. The third-order valence-electron chi connectivity index (χ3n) is 5.53. The maximum atomic E-state index is 12.6. The van der Waals surface area contributed by atoms with Crippen molar-refractivity contribution in [2.45, 2.75) is 26.8 Å². The third kappa shape index (κ3) is 6.44. The Hall–Kier alpha value is -2.73. The predicted octanol–water partition coefficient (Wildman–Crippen LogP) is 1.23. The van der Waals surface area contributed by atoms with Crippen molar-refractivity contribution in [3.8, 4) is 5.75 Å². The van der Waals surface area contributed by atoms with E-state index in [1.807, 2.05) is 13.8 Å². The molecule has 2 unspecified atom stereocenters. The molecule has 1 aliphatic rings. The molecule has 2 heterocycles. The quantitative estimate of drug-likeness (QED) is 0.512. The van der Waals surface area contributed by atoms with Crippen molar-refractivity contribution >= 4 is 49.2 Å². The Morgan fingerprint density at radius 2 is 1.79 bits per heavy atom. The molecule has 2 aromatic rings. The maximum Gasteiger partial charge on any atom is 0.325 e. The van der Waals surface area contributed by atoms with Gasteiger partial charge in [0.15, 0.2) is 14.6 Å². The van der Waals surface area contributed by atoms with Crippen LogP contribution in [-0.2, 0) is 35.5 Å². The highest BCUT2D eigenvalue weighted by molar-refractivity contribution is 7.92. The number of piperidine rings is 1. The number of esters is 1. The molecule has 1 fully saturated rings. The molecule has 34 heavy (non-hydrogen) atoms. The summed E-state index contributed by atoms with van der Waals surface area (Å²) < 4.78 is 37.3. The number of methoxy groups -OCH3 is 2. The molecule has 10 nitrogen and oxygen atoms in total. The van der Waals surface area contributed by atoms with Gasteiger partial charge in [-0.3, -0.25) is 14.4 Å². The summed E-state index contributed by atoms with van der Waals surface area (Å²) in [5.41, 5.74) is 0.620. The zero-order valence-corrected chi connectivity index (χ0v) is 21.3. The smallest absolute Gasteiger partial charge is 0.325 e. The fraction of sp³-hybridized carbons (Fsp3) is 0.545. The first kappa shape index (κ1) is 25.9. The molecule has 1 aliphatic heterocycles. The Morgan fingerprint density at radius 3 is 2.41 bits per heavy atom. The second-order valence-electron chi connectivity index (χ2n) is 8.66. The minimum Gasteiger partial charge on any atom is -0.497 e. The van der Waals surface area contributed by atoms with E-state index in [1.54, 1.807) is 23.1 Å². The molecule has 0 radical (unpaired) electrons. The van der Waals surface area contributed by atoms with Gasteiger partial charge < -0.3 is 18.9 Å². The third-order valence-corrected chi connectivity index (χ3v) is 7.95. The molecule has 2 amide bonds. The first-order valence-electron chi connectivity index (χ1n) is 10.8. The monoisotopic (exact) mass is 511 g/mol. The summed E-state index contributed by atoms with van der Waals surface area (Å²) >= 11 is 1.11. The molecule has 0 aliphatic carbocycles. The molecule has 1 aromatic carbocycles. The van der Waals surface area contributed by atoms with Crippen LogP contribution in [0.5, 0.6) is 5.75 Å². The molecule has 0 bridgehead atoms. The highest BCUT2D eigenvalue weighted by atomic mass is 32.2. The number of sulfone groups is 1. The van der Waals surface area contributed by atoms with Crippen molar-refractivity contribution in [2.75, 3.05) is 38.8 Å². The Bertz CT molecular complexity index is 1250. The minimum atomic E-state index is -4.02. The van der Waals surface area contributed by atoms with E-state index in [9.17, 15) is 22.8 Å². The second-order valence-corrected chi connectivity index (χ2v) is 11.7. The van der Waals surface area contributed by atoms with E-state index in [2.05, 4.69) is 4.99 Å². The average molecular weight is 512 g/mol. The van der Waals surface area contributed by atoms with Gasteiger partial charge >= 0.3 is 5.97 Å². The maximum absolute atomic E-state index is 12.6. The molecular weight excluding hydrogens is 482 g/mol. The van der Waals surface area contributed by atoms with Crippen LogP contribution in [0, 0.1) is 11.8 Å². The van der Waals surface area contributed by atoms with Gasteiger partial charge in [-0.1, -0.05) is 25.2 Å². The number of fused-ring (bicyclic) bond motifs is 1. The zero-order chi connectivity index (χ0) is 25.0. The number of carbonyl (C=O) groups is 3. The molecule has 0 saturated carbocycles. The van der Waals surface area contributed by atoms with E-state index in [0.717, 1.165) is 17.8 Å². The van der Waals surface area contributed by atoms with Crippen molar-refractivity contribution < 1.29 is 32.3 Å². The Balaban J connectivity index is 1.82. The number of hydrogen-bond acceptors (Lipinski definition) is 8. The lowest BCUT2D eigenvalue weighted by atomic mass is 9.92. The fourth-order valence-corrected chi connectivity index (χ4v) is 6.31. The predicted molar refractivity (Wildman–Crippen MR) is 127 cm³/mol. The van der Waals surface area contributed by atoms with Crippen LogP contribution in [0.4, 0.5) is 0 Å². The second kappa shape index (κ2) is 10.7. The standard InChI is InChI=1S/C22H29N3O7S2/c1-14-7-15(2)10-24(9-14)20(27)13-34(29,30)12-19(26)23-22-25(11-21(28)32-4)17-6-5-16(31-3)8-18(17)33-22/h5-6,8,14-15H,7,9-13H2,1-4H3. The van der Waals surface area contributed by atoms with Crippen LogP contribution in [0.2, 0.25) is 0 Å². The van der Waals surface area contributed by atoms with Crippen LogP contribution >= 0.6 is 11.3 Å². The highest BCUT2D eigenvalue weighted by Gasteiger charge is 2.29. The number of benzene rings is 1. The summed E-state index contributed by atoms with van der Waals surface area (Å²) in [6.45, 7) is 4.87. The molecule has 0 spiro atoms. The lowest BCUT2D eigenvalue weighted by molar-refractivity contribution is -0.141. The number of thiazole rings is 1. The number of ether oxygens (including phenoxy) is 2. The van der Waals surface area contributed by atoms with Gasteiger partial charge in [0, 0.05) is 13.1 Å². The summed E-state index contributed by atoms with van der Waals surface area (Å²) in [4.78, 5) is 42.7. The fourth-order valence-electron chi connectivity index (χ4n) is 4.14. The first-order chi connectivity index (χ1) is 16.0. The Morgan fingerprint density at radius 1 is 1.12 bits per heavy atom. The van der Waals surface area contributed by atoms with Gasteiger partial charge in [0.25, 0.3) is 5.91 Å². The van der Waals surface area contributed by atoms with Crippen LogP contribution in [0.15, 0.2) is 23.2 Å². The zero-order valence-electron chi connectivity index (χ0n) is 19.6. The van der Waals surface area contributed by atoms with Crippen molar-refractivity contribution in [1.29, 1.82) is 0 Å². The van der Waals surface area contributed by atoms with E-state index in [4.69, 9.17) is 9.47 Å². The summed E-state index contributed by atoms with van der Waals surface area (Å²) in [6, 6.07) is 5.15. The van der Waals surface area contributed by atoms with Gasteiger partial charge in [-0.05, 0) is 36.5 Å². The first-order valence-corrected chi connectivity index (χ1v) is 13.4. The van der Waals surface area contributed by atoms with Crippen molar-refractivity contribution in [1.82, 2.24) is 9.47 Å². The topological polar surface area (TPSA) is 124 Å². The number of carbonyl (C=O) groups excluding carboxylic acids is 3. The van der Waals surface area contributed by atoms with E-state index in [1.165, 1.54) is 18.8 Å². The van der Waals surface area contributed by atoms with E-state index < -0.39 is 39.1 Å². The van der Waals surface area contributed by atoms with E-state index in [-0.39, 0.29) is 11.3 Å². The Labute approximate surface area is 202 Å².